The fourth-order valence-corrected chi connectivity index (χ4v) is 1.83. The number of methoxy groups -OCH3 is 1. The van der Waals surface area contributed by atoms with Gasteiger partial charge in [-0.2, -0.15) is 0 Å². The van der Waals surface area contributed by atoms with Crippen molar-refractivity contribution < 1.29 is 19.0 Å². The van der Waals surface area contributed by atoms with Gasteiger partial charge in [0.1, 0.15) is 11.9 Å². The minimum absolute atomic E-state index is 0.0815. The second-order valence-corrected chi connectivity index (χ2v) is 3.89. The molecule has 0 radical (unpaired) electrons. The van der Waals surface area contributed by atoms with E-state index in [1.165, 1.54) is 14.0 Å². The molecule has 0 saturated heterocycles. The highest BCUT2D eigenvalue weighted by atomic mass is 19.1. The summed E-state index contributed by atoms with van der Waals surface area (Å²) in [6, 6.07) is 5.22. The summed E-state index contributed by atoms with van der Waals surface area (Å²) in [5.74, 6) is -0.216. The predicted octanol–water partition coefficient (Wildman–Crippen LogP) is 3.13. The van der Waals surface area contributed by atoms with Gasteiger partial charge in [-0.05, 0) is 31.4 Å². The van der Waals surface area contributed by atoms with Crippen molar-refractivity contribution in [2.24, 2.45) is 0 Å². The number of benzene rings is 1. The van der Waals surface area contributed by atoms with Gasteiger partial charge in [0, 0.05) is 12.0 Å². The number of ether oxygens (including phenoxy) is 1. The van der Waals surface area contributed by atoms with Crippen LogP contribution in [0.5, 0.6) is 5.75 Å². The molecule has 1 N–H and O–H groups in total. The summed E-state index contributed by atoms with van der Waals surface area (Å²) in [4.78, 5) is 10.5. The zero-order chi connectivity index (χ0) is 12.8. The molecular weight excluding hydrogens is 223 g/mol. The third kappa shape index (κ3) is 3.73. The van der Waals surface area contributed by atoms with Crippen molar-refractivity contribution in [1.29, 1.82) is 0 Å². The third-order valence-corrected chi connectivity index (χ3v) is 2.64. The van der Waals surface area contributed by atoms with Crippen LogP contribution in [0.3, 0.4) is 0 Å². The van der Waals surface area contributed by atoms with Crippen LogP contribution in [0.15, 0.2) is 18.2 Å². The summed E-state index contributed by atoms with van der Waals surface area (Å²) in [6.45, 7) is 1.47. The number of rotatable bonds is 6. The van der Waals surface area contributed by atoms with Gasteiger partial charge in [-0.15, -0.1) is 0 Å². The van der Waals surface area contributed by atoms with Gasteiger partial charge in [0.2, 0.25) is 0 Å². The lowest BCUT2D eigenvalue weighted by Crippen LogP contribution is -2.02. The Hall–Kier alpha value is -1.58. The van der Waals surface area contributed by atoms with Crippen molar-refractivity contribution in [3.8, 4) is 5.75 Å². The fraction of sp³-hybridized carbons (Fsp3) is 0.462. The lowest BCUT2D eigenvalue weighted by atomic mass is 9.98. The van der Waals surface area contributed by atoms with Crippen LogP contribution >= 0.6 is 0 Å². The van der Waals surface area contributed by atoms with Crippen molar-refractivity contribution in [2.45, 2.75) is 32.4 Å². The van der Waals surface area contributed by atoms with Gasteiger partial charge >= 0.3 is 5.97 Å². The molecule has 94 valence electrons. The summed E-state index contributed by atoms with van der Waals surface area (Å²) >= 11 is 0. The molecule has 1 aromatic carbocycles. The number of hydrogen-bond donors (Lipinski definition) is 1. The lowest BCUT2D eigenvalue weighted by Gasteiger charge is -2.14. The molecule has 0 aliphatic carbocycles. The van der Waals surface area contributed by atoms with Crippen LogP contribution in [-0.4, -0.2) is 18.2 Å². The largest absolute Gasteiger partial charge is 0.496 e. The Morgan fingerprint density at radius 2 is 2.24 bits per heavy atom. The van der Waals surface area contributed by atoms with Crippen molar-refractivity contribution >= 4 is 5.97 Å². The summed E-state index contributed by atoms with van der Waals surface area (Å²) < 4.78 is 18.6. The molecule has 3 nitrogen and oxygen atoms in total. The Bertz CT molecular complexity index is 388. The minimum Gasteiger partial charge on any atom is -0.496 e. The molecule has 0 amide bonds. The molecule has 0 aliphatic heterocycles. The van der Waals surface area contributed by atoms with Gasteiger partial charge < -0.3 is 9.84 Å². The maximum atomic E-state index is 13.4. The molecule has 17 heavy (non-hydrogen) atoms. The maximum absolute atomic E-state index is 13.4. The van der Waals surface area contributed by atoms with Crippen LogP contribution in [0.2, 0.25) is 0 Å². The van der Waals surface area contributed by atoms with Crippen LogP contribution in [0, 0.1) is 0 Å². The van der Waals surface area contributed by atoms with Crippen molar-refractivity contribution in [1.82, 2.24) is 0 Å². The highest BCUT2D eigenvalue weighted by Crippen LogP contribution is 2.30. The highest BCUT2D eigenvalue weighted by molar-refractivity contribution is 5.66. The number of hydrogen-bond acceptors (Lipinski definition) is 2. The van der Waals surface area contributed by atoms with Gasteiger partial charge in [0.15, 0.2) is 0 Å². The smallest absolute Gasteiger partial charge is 0.303 e. The number of carboxylic acids is 1. The van der Waals surface area contributed by atoms with Crippen LogP contribution in [-0.2, 0) is 11.2 Å². The normalized spacial score (nSPS) is 12.2. The zero-order valence-corrected chi connectivity index (χ0v) is 10.1. The minimum atomic E-state index is -1.08. The zero-order valence-electron chi connectivity index (χ0n) is 10.1. The molecule has 0 aromatic heterocycles. The summed E-state index contributed by atoms with van der Waals surface area (Å²) in [7, 11) is 1.53. The van der Waals surface area contributed by atoms with E-state index in [1.54, 1.807) is 18.2 Å². The number of aliphatic carboxylic acids is 1. The summed E-state index contributed by atoms with van der Waals surface area (Å²) in [5.41, 5.74) is 1.35. The first kappa shape index (κ1) is 13.5. The SMILES string of the molecule is COc1cccc(C(C)F)c1CCCC(=O)O. The molecule has 1 rings (SSSR count). The van der Waals surface area contributed by atoms with E-state index >= 15 is 0 Å². The van der Waals surface area contributed by atoms with Crippen molar-refractivity contribution in [3.05, 3.63) is 29.3 Å². The first-order valence-electron chi connectivity index (χ1n) is 5.58. The number of carboxylic acid groups (broad SMARTS) is 1. The van der Waals surface area contributed by atoms with E-state index in [-0.39, 0.29) is 6.42 Å². The van der Waals surface area contributed by atoms with Crippen molar-refractivity contribution in [2.75, 3.05) is 7.11 Å². The Morgan fingerprint density at radius 1 is 1.53 bits per heavy atom. The van der Waals surface area contributed by atoms with Crippen molar-refractivity contribution in [3.63, 3.8) is 0 Å². The van der Waals surface area contributed by atoms with Gasteiger partial charge in [-0.25, -0.2) is 4.39 Å². The maximum Gasteiger partial charge on any atom is 0.303 e. The Kier molecular flexibility index (Phi) is 4.94. The van der Waals surface area contributed by atoms with E-state index in [0.29, 0.717) is 24.2 Å². The number of halogens is 1. The Morgan fingerprint density at radius 3 is 2.76 bits per heavy atom. The average Bonchev–Trinajstić information content (AvgIpc) is 2.28. The number of alkyl halides is 1. The second kappa shape index (κ2) is 6.23. The number of carbonyl (C=O) groups is 1. The Labute approximate surface area is 100 Å². The van der Waals surface area contributed by atoms with E-state index in [1.807, 2.05) is 0 Å². The highest BCUT2D eigenvalue weighted by Gasteiger charge is 2.14. The standard InChI is InChI=1S/C13H17FO3/c1-9(14)10-5-3-7-12(17-2)11(10)6-4-8-13(15)16/h3,5,7,9H,4,6,8H2,1-2H3,(H,15,16). The van der Waals surface area contributed by atoms with E-state index in [0.717, 1.165) is 5.56 Å². The quantitative estimate of drug-likeness (QED) is 0.830. The molecular formula is C13H17FO3. The van der Waals surface area contributed by atoms with Crippen LogP contribution in [0.1, 0.15) is 37.1 Å². The van der Waals surface area contributed by atoms with Gasteiger partial charge in [0.25, 0.3) is 0 Å². The van der Waals surface area contributed by atoms with E-state index in [4.69, 9.17) is 9.84 Å². The van der Waals surface area contributed by atoms with Crippen LogP contribution < -0.4 is 4.74 Å². The molecule has 0 saturated carbocycles. The van der Waals surface area contributed by atoms with Gasteiger partial charge in [-0.1, -0.05) is 12.1 Å². The Balaban J connectivity index is 2.89. The summed E-state index contributed by atoms with van der Waals surface area (Å²) in [6.07, 6.45) is -0.00190. The van der Waals surface area contributed by atoms with E-state index in [2.05, 4.69) is 0 Å². The molecule has 0 aliphatic rings. The second-order valence-electron chi connectivity index (χ2n) is 3.89. The molecule has 1 aromatic rings. The molecule has 4 heteroatoms. The predicted molar refractivity (Wildman–Crippen MR) is 63.1 cm³/mol. The summed E-state index contributed by atoms with van der Waals surface area (Å²) in [5, 5.41) is 8.59. The van der Waals surface area contributed by atoms with E-state index in [9.17, 15) is 9.18 Å². The third-order valence-electron chi connectivity index (χ3n) is 2.64. The molecule has 0 fully saturated rings. The first-order chi connectivity index (χ1) is 8.06. The lowest BCUT2D eigenvalue weighted by molar-refractivity contribution is -0.137. The average molecular weight is 240 g/mol. The monoisotopic (exact) mass is 240 g/mol. The molecule has 1 atom stereocenters. The molecule has 0 spiro atoms. The first-order valence-corrected chi connectivity index (χ1v) is 5.58. The van der Waals surface area contributed by atoms with Gasteiger partial charge in [0.05, 0.1) is 7.11 Å². The fourth-order valence-electron chi connectivity index (χ4n) is 1.83. The van der Waals surface area contributed by atoms with Crippen LogP contribution in [0.25, 0.3) is 0 Å². The van der Waals surface area contributed by atoms with Gasteiger partial charge in [-0.3, -0.25) is 4.79 Å². The topological polar surface area (TPSA) is 46.5 Å². The molecule has 1 unspecified atom stereocenters. The molecule has 0 bridgehead atoms. The van der Waals surface area contributed by atoms with E-state index < -0.39 is 12.1 Å². The molecule has 0 heterocycles. The van der Waals surface area contributed by atoms with Crippen LogP contribution in [0.4, 0.5) is 4.39 Å².